The van der Waals surface area contributed by atoms with Crippen LogP contribution in [0.15, 0.2) is 23.1 Å². The summed E-state index contributed by atoms with van der Waals surface area (Å²) in [6.45, 7) is 4.20. The van der Waals surface area contributed by atoms with E-state index >= 15 is 0 Å². The molecule has 0 aromatic rings. The molecule has 0 aliphatic rings. The Labute approximate surface area is 62.0 Å². The van der Waals surface area contributed by atoms with Crippen LogP contribution >= 0.6 is 11.8 Å². The molecule has 0 atom stereocenters. The van der Waals surface area contributed by atoms with Crippen molar-refractivity contribution >= 4 is 11.8 Å². The molecule has 0 unspecified atom stereocenters. The lowest BCUT2D eigenvalue weighted by Gasteiger charge is -1.90. The fraction of sp³-hybridized carbons (Fsp3) is 0.500. The third kappa shape index (κ3) is 5.71. The van der Waals surface area contributed by atoms with Gasteiger partial charge in [0.05, 0.1) is 0 Å². The van der Waals surface area contributed by atoms with Gasteiger partial charge in [-0.05, 0) is 31.9 Å². The molecule has 9 heavy (non-hydrogen) atoms. The molecular weight excluding hydrogens is 128 g/mol. The summed E-state index contributed by atoms with van der Waals surface area (Å²) in [4.78, 5) is 0. The lowest BCUT2D eigenvalue weighted by atomic mass is 10.2. The zero-order valence-electron chi connectivity index (χ0n) is 6.35. The Bertz CT molecular complexity index is 112. The quantitative estimate of drug-likeness (QED) is 0.545. The zero-order valence-corrected chi connectivity index (χ0v) is 7.16. The Hall–Kier alpha value is -0.170. The number of rotatable bonds is 3. The first-order valence-electron chi connectivity index (χ1n) is 3.11. The van der Waals surface area contributed by atoms with Crippen molar-refractivity contribution in [2.45, 2.75) is 20.3 Å². The minimum Gasteiger partial charge on any atom is -0.138 e. The molecule has 0 aromatic carbocycles. The first kappa shape index (κ1) is 8.83. The molecule has 0 aromatic heterocycles. The average molecular weight is 142 g/mol. The summed E-state index contributed by atoms with van der Waals surface area (Å²) in [7, 11) is 0. The lowest BCUT2D eigenvalue weighted by molar-refractivity contribution is 1.22. The van der Waals surface area contributed by atoms with E-state index < -0.39 is 0 Å². The van der Waals surface area contributed by atoms with Crippen molar-refractivity contribution in [3.63, 3.8) is 0 Å². The van der Waals surface area contributed by atoms with Gasteiger partial charge >= 0.3 is 0 Å². The van der Waals surface area contributed by atoms with Gasteiger partial charge in [0, 0.05) is 0 Å². The molecule has 0 nitrogen and oxygen atoms in total. The van der Waals surface area contributed by atoms with Gasteiger partial charge in [0.25, 0.3) is 0 Å². The fourth-order valence-corrected chi connectivity index (χ4v) is 1.05. The van der Waals surface area contributed by atoms with E-state index in [1.165, 1.54) is 5.57 Å². The van der Waals surface area contributed by atoms with Crippen LogP contribution in [0.3, 0.4) is 0 Å². The maximum Gasteiger partial charge on any atom is -0.0134 e. The Kier molecular flexibility index (Phi) is 5.85. The first-order chi connectivity index (χ1) is 4.31. The highest BCUT2D eigenvalue weighted by Gasteiger charge is 1.80. The summed E-state index contributed by atoms with van der Waals surface area (Å²) in [5, 5.41) is 2.18. The second-order valence-electron chi connectivity index (χ2n) is 1.97. The van der Waals surface area contributed by atoms with Gasteiger partial charge in [-0.25, -0.2) is 0 Å². The Morgan fingerprint density at radius 1 is 1.56 bits per heavy atom. The summed E-state index contributed by atoms with van der Waals surface area (Å²) in [6.07, 6.45) is 7.43. The molecule has 0 aliphatic heterocycles. The molecule has 0 rings (SSSR count). The molecule has 0 fully saturated rings. The number of hydrogen-bond acceptors (Lipinski definition) is 1. The van der Waals surface area contributed by atoms with Crippen molar-refractivity contribution in [3.8, 4) is 0 Å². The number of hydrogen-bond donors (Lipinski definition) is 0. The molecule has 0 saturated heterocycles. The zero-order chi connectivity index (χ0) is 7.11. The highest BCUT2D eigenvalue weighted by molar-refractivity contribution is 8.01. The number of thioether (sulfide) groups is 1. The average Bonchev–Trinajstić information content (AvgIpc) is 1.85. The van der Waals surface area contributed by atoms with Crippen LogP contribution < -0.4 is 0 Å². The van der Waals surface area contributed by atoms with Gasteiger partial charge in [-0.2, -0.15) is 0 Å². The van der Waals surface area contributed by atoms with Crippen molar-refractivity contribution in [1.29, 1.82) is 0 Å². The van der Waals surface area contributed by atoms with Crippen LogP contribution in [0.1, 0.15) is 20.3 Å². The summed E-state index contributed by atoms with van der Waals surface area (Å²) < 4.78 is 0. The SMILES string of the molecule is C/C=C\C/C(C)=C/SC. The molecule has 52 valence electrons. The van der Waals surface area contributed by atoms with Gasteiger partial charge in [0.15, 0.2) is 0 Å². The summed E-state index contributed by atoms with van der Waals surface area (Å²) in [6, 6.07) is 0. The fourth-order valence-electron chi connectivity index (χ4n) is 0.553. The monoisotopic (exact) mass is 142 g/mol. The Morgan fingerprint density at radius 3 is 2.67 bits per heavy atom. The van der Waals surface area contributed by atoms with Crippen LogP contribution in [0, 0.1) is 0 Å². The second kappa shape index (κ2) is 5.96. The minimum atomic E-state index is 1.09. The normalized spacial score (nSPS) is 13.0. The summed E-state index contributed by atoms with van der Waals surface area (Å²) >= 11 is 1.76. The van der Waals surface area contributed by atoms with Crippen molar-refractivity contribution in [3.05, 3.63) is 23.1 Å². The van der Waals surface area contributed by atoms with Gasteiger partial charge < -0.3 is 0 Å². The molecule has 0 aliphatic carbocycles. The third-order valence-corrected chi connectivity index (χ3v) is 1.63. The van der Waals surface area contributed by atoms with Crippen LogP contribution in [-0.4, -0.2) is 6.26 Å². The largest absolute Gasteiger partial charge is 0.138 e. The first-order valence-corrected chi connectivity index (χ1v) is 4.39. The molecule has 0 spiro atoms. The van der Waals surface area contributed by atoms with E-state index in [0.29, 0.717) is 0 Å². The molecule has 0 radical (unpaired) electrons. The van der Waals surface area contributed by atoms with E-state index in [-0.39, 0.29) is 0 Å². The van der Waals surface area contributed by atoms with Crippen molar-refractivity contribution < 1.29 is 0 Å². The van der Waals surface area contributed by atoms with E-state index in [9.17, 15) is 0 Å². The van der Waals surface area contributed by atoms with Crippen LogP contribution in [0.2, 0.25) is 0 Å². The van der Waals surface area contributed by atoms with Crippen LogP contribution in [-0.2, 0) is 0 Å². The van der Waals surface area contributed by atoms with E-state index in [2.05, 4.69) is 30.7 Å². The smallest absolute Gasteiger partial charge is 0.0134 e. The molecule has 0 bridgehead atoms. The Morgan fingerprint density at radius 2 is 2.22 bits per heavy atom. The summed E-state index contributed by atoms with van der Waals surface area (Å²) in [5.74, 6) is 0. The molecule has 0 saturated carbocycles. The van der Waals surface area contributed by atoms with Gasteiger partial charge in [-0.15, -0.1) is 11.8 Å². The highest BCUT2D eigenvalue weighted by atomic mass is 32.2. The van der Waals surface area contributed by atoms with Crippen molar-refractivity contribution in [2.75, 3.05) is 6.26 Å². The summed E-state index contributed by atoms with van der Waals surface area (Å²) in [5.41, 5.74) is 1.43. The van der Waals surface area contributed by atoms with Crippen molar-refractivity contribution in [1.82, 2.24) is 0 Å². The number of allylic oxidation sites excluding steroid dienone is 3. The highest BCUT2D eigenvalue weighted by Crippen LogP contribution is 2.06. The Balaban J connectivity index is 3.49. The molecule has 0 heterocycles. The molecule has 0 amide bonds. The van der Waals surface area contributed by atoms with Gasteiger partial charge in [0.2, 0.25) is 0 Å². The van der Waals surface area contributed by atoms with Gasteiger partial charge in [0.1, 0.15) is 0 Å². The second-order valence-corrected chi connectivity index (χ2v) is 2.68. The molecule has 1 heteroatoms. The van der Waals surface area contributed by atoms with E-state index in [0.717, 1.165) is 6.42 Å². The van der Waals surface area contributed by atoms with Gasteiger partial charge in [-0.1, -0.05) is 17.7 Å². The van der Waals surface area contributed by atoms with Gasteiger partial charge in [-0.3, -0.25) is 0 Å². The van der Waals surface area contributed by atoms with E-state index in [1.807, 2.05) is 6.92 Å². The van der Waals surface area contributed by atoms with Crippen LogP contribution in [0.5, 0.6) is 0 Å². The predicted molar refractivity (Wildman–Crippen MR) is 46.7 cm³/mol. The van der Waals surface area contributed by atoms with Crippen LogP contribution in [0.25, 0.3) is 0 Å². The van der Waals surface area contributed by atoms with E-state index in [1.54, 1.807) is 11.8 Å². The van der Waals surface area contributed by atoms with Crippen LogP contribution in [0.4, 0.5) is 0 Å². The lowest BCUT2D eigenvalue weighted by Crippen LogP contribution is -1.68. The maximum absolute atomic E-state index is 2.18. The predicted octanol–water partition coefficient (Wildman–Crippen LogP) is 3.22. The third-order valence-electron chi connectivity index (χ3n) is 0.995. The topological polar surface area (TPSA) is 0 Å². The minimum absolute atomic E-state index is 1.09. The van der Waals surface area contributed by atoms with E-state index in [4.69, 9.17) is 0 Å². The molecule has 0 N–H and O–H groups in total. The van der Waals surface area contributed by atoms with Crippen molar-refractivity contribution in [2.24, 2.45) is 0 Å². The maximum atomic E-state index is 2.18. The molecular formula is C8H14S. The standard InChI is InChI=1S/C8H14S/c1-4-5-6-8(2)7-9-3/h4-5,7H,6H2,1-3H3/b5-4-,8-7+.